The number of rotatable bonds is 2. The molecule has 1 N–H and O–H groups in total. The van der Waals surface area contributed by atoms with Crippen LogP contribution in [0.25, 0.3) is 0 Å². The Hall–Kier alpha value is -2.11. The van der Waals surface area contributed by atoms with Crippen LogP contribution in [0.2, 0.25) is 0 Å². The van der Waals surface area contributed by atoms with Crippen molar-refractivity contribution in [1.82, 2.24) is 20.3 Å². The van der Waals surface area contributed by atoms with E-state index in [0.717, 1.165) is 24.8 Å². The normalized spacial score (nSPS) is 18.1. The van der Waals surface area contributed by atoms with Crippen molar-refractivity contribution in [1.29, 1.82) is 0 Å². The Kier molecular flexibility index (Phi) is 3.54. The van der Waals surface area contributed by atoms with Gasteiger partial charge in [-0.1, -0.05) is 5.16 Å². The van der Waals surface area contributed by atoms with Gasteiger partial charge in [-0.2, -0.15) is 5.10 Å². The van der Waals surface area contributed by atoms with E-state index in [9.17, 15) is 4.79 Å². The Labute approximate surface area is 129 Å². The summed E-state index contributed by atoms with van der Waals surface area (Å²) in [4.78, 5) is 12.3. The summed E-state index contributed by atoms with van der Waals surface area (Å²) in [5.41, 5.74) is 2.99. The first-order valence-electron chi connectivity index (χ1n) is 7.68. The predicted molar refractivity (Wildman–Crippen MR) is 81.6 cm³/mol. The highest BCUT2D eigenvalue weighted by molar-refractivity contribution is 5.91. The molecule has 6 nitrogen and oxygen atoms in total. The van der Waals surface area contributed by atoms with Gasteiger partial charge < -0.3 is 9.84 Å². The number of amides is 1. The molecular formula is C16H22N4O2. The number of carbonyl (C=O) groups is 1. The van der Waals surface area contributed by atoms with Crippen LogP contribution in [0.1, 0.15) is 67.2 Å². The molecule has 0 spiro atoms. The summed E-state index contributed by atoms with van der Waals surface area (Å²) < 4.78 is 7.10. The average Bonchev–Trinajstić information content (AvgIpc) is 3.04. The molecule has 1 atom stereocenters. The Bertz CT molecular complexity index is 693. The lowest BCUT2D eigenvalue weighted by molar-refractivity contribution is 0.0895. The van der Waals surface area contributed by atoms with Crippen molar-refractivity contribution in [3.63, 3.8) is 0 Å². The van der Waals surface area contributed by atoms with Gasteiger partial charge in [-0.05, 0) is 47.0 Å². The molecule has 1 aliphatic carbocycles. The van der Waals surface area contributed by atoms with Gasteiger partial charge in [-0.15, -0.1) is 0 Å². The van der Waals surface area contributed by atoms with Gasteiger partial charge in [0.2, 0.25) is 5.76 Å². The molecule has 0 radical (unpaired) electrons. The lowest BCUT2D eigenvalue weighted by atomic mass is 9.92. The molecule has 0 fully saturated rings. The number of carbonyl (C=O) groups excluding carboxylic acids is 1. The number of hydrogen-bond acceptors (Lipinski definition) is 4. The van der Waals surface area contributed by atoms with Crippen molar-refractivity contribution in [3.8, 4) is 0 Å². The van der Waals surface area contributed by atoms with Gasteiger partial charge in [0.15, 0.2) is 0 Å². The molecular weight excluding hydrogens is 280 g/mol. The topological polar surface area (TPSA) is 73.0 Å². The van der Waals surface area contributed by atoms with Gasteiger partial charge in [0.25, 0.3) is 5.91 Å². The largest absolute Gasteiger partial charge is 0.351 e. The third kappa shape index (κ3) is 2.65. The van der Waals surface area contributed by atoms with Crippen LogP contribution < -0.4 is 5.32 Å². The highest BCUT2D eigenvalue weighted by Gasteiger charge is 2.29. The van der Waals surface area contributed by atoms with Crippen LogP contribution >= 0.6 is 0 Å². The molecule has 6 heteroatoms. The van der Waals surface area contributed by atoms with Crippen molar-refractivity contribution in [3.05, 3.63) is 35.0 Å². The molecule has 22 heavy (non-hydrogen) atoms. The molecule has 1 unspecified atom stereocenters. The van der Waals surface area contributed by atoms with Crippen molar-refractivity contribution in [2.45, 2.75) is 58.5 Å². The van der Waals surface area contributed by atoms with E-state index in [4.69, 9.17) is 4.52 Å². The lowest BCUT2D eigenvalue weighted by Crippen LogP contribution is -2.32. The zero-order valence-electron chi connectivity index (χ0n) is 13.5. The van der Waals surface area contributed by atoms with E-state index in [1.54, 1.807) is 13.0 Å². The molecule has 1 aliphatic rings. The van der Waals surface area contributed by atoms with Gasteiger partial charge in [-0.25, -0.2) is 0 Å². The summed E-state index contributed by atoms with van der Waals surface area (Å²) in [6.07, 6.45) is 4.84. The number of nitrogens with one attached hydrogen (secondary N) is 1. The highest BCUT2D eigenvalue weighted by atomic mass is 16.5. The summed E-state index contributed by atoms with van der Waals surface area (Å²) >= 11 is 0. The Morgan fingerprint density at radius 2 is 2.23 bits per heavy atom. The Morgan fingerprint density at radius 1 is 1.45 bits per heavy atom. The summed E-state index contributed by atoms with van der Waals surface area (Å²) in [5.74, 6) is 0.0368. The maximum Gasteiger partial charge on any atom is 0.290 e. The average molecular weight is 302 g/mol. The summed E-state index contributed by atoms with van der Waals surface area (Å²) in [6.45, 7) is 8.21. The molecule has 0 aliphatic heterocycles. The zero-order valence-corrected chi connectivity index (χ0v) is 13.5. The third-order valence-corrected chi connectivity index (χ3v) is 3.98. The zero-order chi connectivity index (χ0) is 15.9. The second-order valence-corrected chi connectivity index (χ2v) is 6.88. The Balaban J connectivity index is 1.83. The van der Waals surface area contributed by atoms with E-state index in [1.807, 2.05) is 6.20 Å². The minimum absolute atomic E-state index is 0.0160. The monoisotopic (exact) mass is 302 g/mol. The molecule has 0 saturated heterocycles. The number of aromatic nitrogens is 3. The molecule has 3 rings (SSSR count). The van der Waals surface area contributed by atoms with Crippen molar-refractivity contribution < 1.29 is 9.32 Å². The smallest absolute Gasteiger partial charge is 0.290 e. The number of fused-ring (bicyclic) bond motifs is 1. The van der Waals surface area contributed by atoms with E-state index in [2.05, 4.69) is 41.0 Å². The fourth-order valence-corrected chi connectivity index (χ4v) is 2.98. The fourth-order valence-electron chi connectivity index (χ4n) is 2.98. The van der Waals surface area contributed by atoms with Crippen LogP contribution in [0.3, 0.4) is 0 Å². The standard InChI is InChI=1S/C16H22N4O2/c1-10-8-14(22-19-10)15(21)18-12-6-5-7-13-11(12)9-17-20(13)16(2,3)4/h8-9,12H,5-7H2,1-4H3,(H,18,21). The summed E-state index contributed by atoms with van der Waals surface area (Å²) in [6, 6.07) is 1.63. The second kappa shape index (κ2) is 5.26. The van der Waals surface area contributed by atoms with Crippen LogP contribution in [0.5, 0.6) is 0 Å². The molecule has 0 aromatic carbocycles. The molecule has 0 bridgehead atoms. The summed E-state index contributed by atoms with van der Waals surface area (Å²) in [5, 5.41) is 11.3. The van der Waals surface area contributed by atoms with Gasteiger partial charge in [0.1, 0.15) is 0 Å². The fraction of sp³-hybridized carbons (Fsp3) is 0.562. The van der Waals surface area contributed by atoms with E-state index in [1.165, 1.54) is 5.69 Å². The second-order valence-electron chi connectivity index (χ2n) is 6.88. The SMILES string of the molecule is Cc1cc(C(=O)NC2CCCc3c2cnn3C(C)(C)C)on1. The van der Waals surface area contributed by atoms with Crippen molar-refractivity contribution in [2.75, 3.05) is 0 Å². The highest BCUT2D eigenvalue weighted by Crippen LogP contribution is 2.32. The van der Waals surface area contributed by atoms with Crippen LogP contribution in [0.4, 0.5) is 0 Å². The van der Waals surface area contributed by atoms with Crippen LogP contribution in [-0.4, -0.2) is 20.8 Å². The molecule has 2 heterocycles. The quantitative estimate of drug-likeness (QED) is 0.925. The maximum absolute atomic E-state index is 12.3. The van der Waals surface area contributed by atoms with E-state index < -0.39 is 0 Å². The van der Waals surface area contributed by atoms with E-state index in [-0.39, 0.29) is 23.2 Å². The van der Waals surface area contributed by atoms with Gasteiger partial charge >= 0.3 is 0 Å². The molecule has 2 aromatic heterocycles. The van der Waals surface area contributed by atoms with Crippen molar-refractivity contribution in [2.24, 2.45) is 0 Å². The first kappa shape index (κ1) is 14.8. The van der Waals surface area contributed by atoms with Crippen LogP contribution in [-0.2, 0) is 12.0 Å². The molecule has 2 aromatic rings. The number of nitrogens with zero attached hydrogens (tertiary/aromatic N) is 3. The summed E-state index contributed by atoms with van der Waals surface area (Å²) in [7, 11) is 0. The van der Waals surface area contributed by atoms with Gasteiger partial charge in [0.05, 0.1) is 23.5 Å². The number of hydrogen-bond donors (Lipinski definition) is 1. The molecule has 118 valence electrons. The lowest BCUT2D eigenvalue weighted by Gasteiger charge is -2.28. The minimum atomic E-state index is -0.220. The Morgan fingerprint density at radius 3 is 2.86 bits per heavy atom. The number of aryl methyl sites for hydroxylation is 1. The van der Waals surface area contributed by atoms with Crippen LogP contribution in [0.15, 0.2) is 16.8 Å². The molecule has 0 saturated carbocycles. The van der Waals surface area contributed by atoms with Gasteiger partial charge in [0, 0.05) is 17.3 Å². The minimum Gasteiger partial charge on any atom is -0.351 e. The molecule has 1 amide bonds. The first-order chi connectivity index (χ1) is 10.4. The van der Waals surface area contributed by atoms with Crippen LogP contribution in [0, 0.1) is 6.92 Å². The maximum atomic E-state index is 12.3. The van der Waals surface area contributed by atoms with Gasteiger partial charge in [-0.3, -0.25) is 9.48 Å². The third-order valence-electron chi connectivity index (χ3n) is 3.98. The van der Waals surface area contributed by atoms with E-state index in [0.29, 0.717) is 5.69 Å². The van der Waals surface area contributed by atoms with E-state index >= 15 is 0 Å². The van der Waals surface area contributed by atoms with Crippen molar-refractivity contribution >= 4 is 5.91 Å². The predicted octanol–water partition coefficient (Wildman–Crippen LogP) is 2.74. The first-order valence-corrected chi connectivity index (χ1v) is 7.68.